The lowest BCUT2D eigenvalue weighted by atomic mass is 10.1. The molecule has 1 rings (SSSR count). The summed E-state index contributed by atoms with van der Waals surface area (Å²) in [5.74, 6) is -1.99. The number of carbonyl (C=O) groups is 3. The molecule has 0 saturated heterocycles. The van der Waals surface area contributed by atoms with Crippen LogP contribution in [0.5, 0.6) is 0 Å². The molecule has 0 heterocycles. The second-order valence-electron chi connectivity index (χ2n) is 4.83. The lowest BCUT2D eigenvalue weighted by molar-refractivity contribution is -0.141. The normalized spacial score (nSPS) is 11.5. The summed E-state index contributed by atoms with van der Waals surface area (Å²) in [5.41, 5.74) is 7.07. The van der Waals surface area contributed by atoms with Crippen LogP contribution < -0.4 is 11.1 Å². The molecule has 4 N–H and O–H groups in total. The van der Waals surface area contributed by atoms with Crippen molar-refractivity contribution >= 4 is 18.0 Å². The topological polar surface area (TPSA) is 113 Å². The zero-order valence-electron chi connectivity index (χ0n) is 12.0. The Morgan fingerprint density at radius 3 is 2.33 bits per heavy atom. The van der Waals surface area contributed by atoms with Gasteiger partial charge in [-0.2, -0.15) is 0 Å². The van der Waals surface area contributed by atoms with E-state index in [0.717, 1.165) is 11.1 Å². The minimum atomic E-state index is -1.10. The average Bonchev–Trinajstić information content (AvgIpc) is 2.43. The molecule has 0 aliphatic carbocycles. The summed E-state index contributed by atoms with van der Waals surface area (Å²) < 4.78 is 0. The Hall–Kier alpha value is -2.57. The fraction of sp³-hybridized carbons (Fsp3) is 0.357. The van der Waals surface area contributed by atoms with Gasteiger partial charge in [-0.05, 0) is 12.5 Å². The lowest BCUT2D eigenvalue weighted by Crippen LogP contribution is -2.48. The van der Waals surface area contributed by atoms with Gasteiger partial charge in [0.2, 0.25) is 0 Å². The molecular formula is C14H19N3O4. The number of nitrogens with zero attached hydrogens (tertiary/aromatic N) is 1. The van der Waals surface area contributed by atoms with Crippen LogP contribution in [0.2, 0.25) is 0 Å². The number of imide groups is 1. The van der Waals surface area contributed by atoms with Crippen molar-refractivity contribution in [2.75, 3.05) is 6.54 Å². The Morgan fingerprint density at radius 1 is 1.29 bits per heavy atom. The van der Waals surface area contributed by atoms with Crippen molar-refractivity contribution in [3.63, 3.8) is 0 Å². The van der Waals surface area contributed by atoms with Crippen molar-refractivity contribution in [2.45, 2.75) is 20.4 Å². The van der Waals surface area contributed by atoms with E-state index in [-0.39, 0.29) is 13.1 Å². The van der Waals surface area contributed by atoms with Gasteiger partial charge in [0.05, 0.1) is 5.92 Å². The monoisotopic (exact) mass is 293 g/mol. The van der Waals surface area contributed by atoms with Gasteiger partial charge in [0.25, 0.3) is 0 Å². The molecule has 0 aliphatic rings. The van der Waals surface area contributed by atoms with Gasteiger partial charge in [-0.3, -0.25) is 4.79 Å². The molecule has 21 heavy (non-hydrogen) atoms. The van der Waals surface area contributed by atoms with E-state index < -0.39 is 23.9 Å². The number of hydrogen-bond acceptors (Lipinski definition) is 3. The predicted molar refractivity (Wildman–Crippen MR) is 76.5 cm³/mol. The van der Waals surface area contributed by atoms with Crippen molar-refractivity contribution < 1.29 is 19.5 Å². The smallest absolute Gasteiger partial charge is 0.325 e. The van der Waals surface area contributed by atoms with Crippen LogP contribution in [0, 0.1) is 12.8 Å². The number of urea groups is 2. The number of carboxylic acid groups (broad SMARTS) is 1. The second-order valence-corrected chi connectivity index (χ2v) is 4.83. The highest BCUT2D eigenvalue weighted by Crippen LogP contribution is 2.04. The number of primary amides is 1. The number of carbonyl (C=O) groups excluding carboxylic acids is 2. The molecule has 7 heteroatoms. The first-order chi connectivity index (χ1) is 9.81. The molecule has 1 atom stereocenters. The molecule has 0 radical (unpaired) electrons. The lowest BCUT2D eigenvalue weighted by Gasteiger charge is -2.21. The maximum atomic E-state index is 11.9. The number of carboxylic acids is 1. The first kappa shape index (κ1) is 16.5. The number of nitrogens with two attached hydrogens (primary N) is 1. The number of aryl methyl sites for hydroxylation is 1. The van der Waals surface area contributed by atoms with Gasteiger partial charge in [0.1, 0.15) is 0 Å². The summed E-state index contributed by atoms with van der Waals surface area (Å²) in [7, 11) is 0. The van der Waals surface area contributed by atoms with Crippen LogP contribution >= 0.6 is 0 Å². The van der Waals surface area contributed by atoms with Gasteiger partial charge in [-0.15, -0.1) is 0 Å². The van der Waals surface area contributed by atoms with Crippen molar-refractivity contribution in [1.82, 2.24) is 10.2 Å². The van der Waals surface area contributed by atoms with Crippen molar-refractivity contribution in [3.8, 4) is 0 Å². The van der Waals surface area contributed by atoms with Gasteiger partial charge in [-0.25, -0.2) is 14.5 Å². The number of aliphatic carboxylic acids is 1. The van der Waals surface area contributed by atoms with Gasteiger partial charge in [0, 0.05) is 13.1 Å². The Morgan fingerprint density at radius 2 is 1.86 bits per heavy atom. The number of nitrogens with one attached hydrogen (secondary N) is 1. The summed E-state index contributed by atoms with van der Waals surface area (Å²) in [6, 6.07) is 5.81. The van der Waals surface area contributed by atoms with Crippen LogP contribution in [0.15, 0.2) is 24.3 Å². The molecule has 0 saturated carbocycles. The van der Waals surface area contributed by atoms with Crippen LogP contribution in [-0.2, 0) is 11.3 Å². The van der Waals surface area contributed by atoms with Gasteiger partial charge >= 0.3 is 18.0 Å². The zero-order valence-corrected chi connectivity index (χ0v) is 12.0. The SMILES string of the molecule is Cc1ccc(CNC(=O)N(C[C@H](C)C(=O)O)C(N)=O)cc1. The van der Waals surface area contributed by atoms with Crippen LogP contribution in [0.4, 0.5) is 9.59 Å². The highest BCUT2D eigenvalue weighted by atomic mass is 16.4. The van der Waals surface area contributed by atoms with Gasteiger partial charge in [-0.1, -0.05) is 36.8 Å². The molecule has 114 valence electrons. The Kier molecular flexibility index (Phi) is 5.71. The van der Waals surface area contributed by atoms with E-state index >= 15 is 0 Å². The van der Waals surface area contributed by atoms with E-state index in [0.29, 0.717) is 4.90 Å². The summed E-state index contributed by atoms with van der Waals surface area (Å²) in [6.45, 7) is 3.30. The largest absolute Gasteiger partial charge is 0.481 e. The Balaban J connectivity index is 2.63. The number of rotatable bonds is 5. The van der Waals surface area contributed by atoms with Crippen molar-refractivity contribution in [1.29, 1.82) is 0 Å². The van der Waals surface area contributed by atoms with E-state index in [9.17, 15) is 14.4 Å². The molecular weight excluding hydrogens is 274 g/mol. The number of hydrogen-bond donors (Lipinski definition) is 3. The van der Waals surface area contributed by atoms with Crippen molar-refractivity contribution in [2.24, 2.45) is 11.7 Å². The molecule has 0 unspecified atom stereocenters. The van der Waals surface area contributed by atoms with E-state index in [1.165, 1.54) is 6.92 Å². The first-order valence-corrected chi connectivity index (χ1v) is 6.44. The molecule has 0 fully saturated rings. The molecule has 0 bridgehead atoms. The minimum absolute atomic E-state index is 0.227. The predicted octanol–water partition coefficient (Wildman–Crippen LogP) is 1.31. The first-order valence-electron chi connectivity index (χ1n) is 6.44. The fourth-order valence-electron chi connectivity index (χ4n) is 1.60. The van der Waals surface area contributed by atoms with Gasteiger partial charge < -0.3 is 16.2 Å². The van der Waals surface area contributed by atoms with Crippen LogP contribution in [0.1, 0.15) is 18.1 Å². The average molecular weight is 293 g/mol. The highest BCUT2D eigenvalue weighted by Gasteiger charge is 2.24. The van der Waals surface area contributed by atoms with Crippen LogP contribution in [-0.4, -0.2) is 34.6 Å². The molecule has 1 aromatic carbocycles. The molecule has 7 nitrogen and oxygen atoms in total. The number of benzene rings is 1. The third kappa shape index (κ3) is 5.13. The Bertz CT molecular complexity index is 528. The maximum Gasteiger partial charge on any atom is 0.325 e. The van der Waals surface area contributed by atoms with E-state index in [2.05, 4.69) is 5.32 Å². The zero-order chi connectivity index (χ0) is 16.0. The van der Waals surface area contributed by atoms with Crippen molar-refractivity contribution in [3.05, 3.63) is 35.4 Å². The van der Waals surface area contributed by atoms with Crippen LogP contribution in [0.3, 0.4) is 0 Å². The van der Waals surface area contributed by atoms with E-state index in [4.69, 9.17) is 10.8 Å². The quantitative estimate of drug-likeness (QED) is 0.759. The van der Waals surface area contributed by atoms with E-state index in [1.54, 1.807) is 0 Å². The summed E-state index contributed by atoms with van der Waals surface area (Å²) in [4.78, 5) is 34.6. The molecule has 1 aromatic rings. The number of amides is 4. The third-order valence-corrected chi connectivity index (χ3v) is 2.95. The minimum Gasteiger partial charge on any atom is -0.481 e. The Labute approximate surface area is 122 Å². The molecule has 0 spiro atoms. The van der Waals surface area contributed by atoms with Gasteiger partial charge in [0.15, 0.2) is 0 Å². The third-order valence-electron chi connectivity index (χ3n) is 2.95. The fourth-order valence-corrected chi connectivity index (χ4v) is 1.60. The van der Waals surface area contributed by atoms with Crippen LogP contribution in [0.25, 0.3) is 0 Å². The van der Waals surface area contributed by atoms with E-state index in [1.807, 2.05) is 31.2 Å². The highest BCUT2D eigenvalue weighted by molar-refractivity contribution is 5.93. The molecule has 0 aliphatic heterocycles. The maximum absolute atomic E-state index is 11.9. The summed E-state index contributed by atoms with van der Waals surface area (Å²) in [5, 5.41) is 11.4. The summed E-state index contributed by atoms with van der Waals surface area (Å²) in [6.07, 6.45) is 0. The standard InChI is InChI=1S/C14H19N3O4/c1-9-3-5-11(6-4-9)7-16-14(21)17(13(15)20)8-10(2)12(18)19/h3-6,10H,7-8H2,1-2H3,(H2,15,20)(H,16,21)(H,18,19)/t10-/m0/s1. The molecule has 0 aromatic heterocycles. The molecule has 4 amide bonds. The second kappa shape index (κ2) is 7.28. The summed E-state index contributed by atoms with van der Waals surface area (Å²) >= 11 is 0.